The second kappa shape index (κ2) is 6.15. The highest BCUT2D eigenvalue weighted by molar-refractivity contribution is 5.57. The molecule has 0 radical (unpaired) electrons. The Morgan fingerprint density at radius 1 is 0.955 bits per heavy atom. The standard InChI is InChI=1S/C15H7F4N3/c16-11-2-1-3-12(17)10(11)7-22-13-4-8(5-20)14(18)9(6-21)15(13)19/h1-4,22H,7H2. The predicted molar refractivity (Wildman–Crippen MR) is 69.5 cm³/mol. The summed E-state index contributed by atoms with van der Waals surface area (Å²) in [5, 5.41) is 19.9. The van der Waals surface area contributed by atoms with E-state index in [9.17, 15) is 17.6 Å². The molecule has 0 saturated carbocycles. The molecule has 0 atom stereocenters. The molecule has 110 valence electrons. The van der Waals surface area contributed by atoms with E-state index in [-0.39, 0.29) is 5.56 Å². The molecule has 7 heteroatoms. The summed E-state index contributed by atoms with van der Waals surface area (Å²) in [7, 11) is 0. The molecule has 0 aliphatic rings. The maximum Gasteiger partial charge on any atom is 0.167 e. The van der Waals surface area contributed by atoms with E-state index in [1.165, 1.54) is 18.2 Å². The first-order valence-electron chi connectivity index (χ1n) is 5.98. The predicted octanol–water partition coefficient (Wildman–Crippen LogP) is 3.60. The van der Waals surface area contributed by atoms with Crippen molar-refractivity contribution in [2.45, 2.75) is 6.54 Å². The number of nitrogens with zero attached hydrogens (tertiary/aromatic N) is 2. The van der Waals surface area contributed by atoms with E-state index in [0.717, 1.165) is 18.2 Å². The van der Waals surface area contributed by atoms with Gasteiger partial charge in [-0.3, -0.25) is 0 Å². The minimum atomic E-state index is -1.27. The summed E-state index contributed by atoms with van der Waals surface area (Å²) in [5.41, 5.74) is -2.22. The summed E-state index contributed by atoms with van der Waals surface area (Å²) in [4.78, 5) is 0. The number of anilines is 1. The molecule has 3 nitrogen and oxygen atoms in total. The van der Waals surface area contributed by atoms with E-state index in [4.69, 9.17) is 10.5 Å². The lowest BCUT2D eigenvalue weighted by Crippen LogP contribution is -2.08. The summed E-state index contributed by atoms with van der Waals surface area (Å²) < 4.78 is 54.4. The van der Waals surface area contributed by atoms with Gasteiger partial charge in [0.05, 0.1) is 11.3 Å². The molecule has 0 aliphatic heterocycles. The second-order valence-electron chi connectivity index (χ2n) is 4.25. The Hall–Kier alpha value is -3.06. The van der Waals surface area contributed by atoms with Crippen molar-refractivity contribution in [3.05, 3.63) is 64.2 Å². The van der Waals surface area contributed by atoms with Gasteiger partial charge in [0.15, 0.2) is 11.6 Å². The average Bonchev–Trinajstić information content (AvgIpc) is 2.49. The quantitative estimate of drug-likeness (QED) is 0.881. The molecule has 0 fully saturated rings. The van der Waals surface area contributed by atoms with Gasteiger partial charge in [0.2, 0.25) is 0 Å². The van der Waals surface area contributed by atoms with Crippen LogP contribution in [0.3, 0.4) is 0 Å². The molecular formula is C15H7F4N3. The van der Waals surface area contributed by atoms with Crippen LogP contribution in [0.1, 0.15) is 16.7 Å². The van der Waals surface area contributed by atoms with Crippen LogP contribution in [-0.4, -0.2) is 0 Å². The smallest absolute Gasteiger partial charge is 0.167 e. The zero-order chi connectivity index (χ0) is 16.3. The minimum Gasteiger partial charge on any atom is -0.378 e. The van der Waals surface area contributed by atoms with E-state index in [2.05, 4.69) is 5.32 Å². The Balaban J connectivity index is 2.39. The zero-order valence-electron chi connectivity index (χ0n) is 10.9. The molecule has 0 unspecified atom stereocenters. The van der Waals surface area contributed by atoms with Crippen LogP contribution in [0.15, 0.2) is 24.3 Å². The highest BCUT2D eigenvalue weighted by atomic mass is 19.1. The van der Waals surface area contributed by atoms with Crippen molar-refractivity contribution >= 4 is 5.69 Å². The summed E-state index contributed by atoms with van der Waals surface area (Å²) in [6.07, 6.45) is 0. The third-order valence-corrected chi connectivity index (χ3v) is 2.95. The van der Waals surface area contributed by atoms with Crippen LogP contribution in [0.5, 0.6) is 0 Å². The molecule has 2 aromatic rings. The van der Waals surface area contributed by atoms with Gasteiger partial charge in [0, 0.05) is 12.1 Å². The molecule has 0 saturated heterocycles. The minimum absolute atomic E-state index is 0.344. The van der Waals surface area contributed by atoms with Crippen LogP contribution in [0.2, 0.25) is 0 Å². The maximum atomic E-state index is 13.9. The second-order valence-corrected chi connectivity index (χ2v) is 4.25. The Kier molecular flexibility index (Phi) is 4.28. The number of hydrogen-bond donors (Lipinski definition) is 1. The number of rotatable bonds is 3. The molecule has 0 aromatic heterocycles. The van der Waals surface area contributed by atoms with Gasteiger partial charge in [-0.2, -0.15) is 10.5 Å². The summed E-state index contributed by atoms with van der Waals surface area (Å²) in [6, 6.07) is 6.86. The Labute approximate surface area is 123 Å². The van der Waals surface area contributed by atoms with E-state index in [0.29, 0.717) is 0 Å². The monoisotopic (exact) mass is 305 g/mol. The molecule has 2 aromatic carbocycles. The third-order valence-electron chi connectivity index (χ3n) is 2.95. The van der Waals surface area contributed by atoms with Crippen LogP contribution in [0.25, 0.3) is 0 Å². The van der Waals surface area contributed by atoms with Gasteiger partial charge in [-0.15, -0.1) is 0 Å². The fourth-order valence-electron chi connectivity index (χ4n) is 1.83. The van der Waals surface area contributed by atoms with Gasteiger partial charge < -0.3 is 5.32 Å². The molecule has 22 heavy (non-hydrogen) atoms. The Bertz CT molecular complexity index is 799. The highest BCUT2D eigenvalue weighted by Crippen LogP contribution is 2.25. The number of nitriles is 2. The van der Waals surface area contributed by atoms with Crippen molar-refractivity contribution < 1.29 is 17.6 Å². The van der Waals surface area contributed by atoms with Crippen molar-refractivity contribution in [2.75, 3.05) is 5.32 Å². The van der Waals surface area contributed by atoms with Crippen molar-refractivity contribution in [1.82, 2.24) is 0 Å². The fourth-order valence-corrected chi connectivity index (χ4v) is 1.83. The maximum absolute atomic E-state index is 13.9. The van der Waals surface area contributed by atoms with Gasteiger partial charge in [0.25, 0.3) is 0 Å². The van der Waals surface area contributed by atoms with E-state index < -0.39 is 46.6 Å². The van der Waals surface area contributed by atoms with Crippen LogP contribution in [0, 0.1) is 45.9 Å². The number of benzene rings is 2. The number of hydrogen-bond acceptors (Lipinski definition) is 3. The molecule has 0 spiro atoms. The Morgan fingerprint density at radius 3 is 2.14 bits per heavy atom. The molecule has 0 heterocycles. The topological polar surface area (TPSA) is 59.6 Å². The van der Waals surface area contributed by atoms with Gasteiger partial charge in [-0.25, -0.2) is 17.6 Å². The largest absolute Gasteiger partial charge is 0.378 e. The van der Waals surface area contributed by atoms with E-state index in [1.807, 2.05) is 0 Å². The lowest BCUT2D eigenvalue weighted by molar-refractivity contribution is 0.557. The van der Waals surface area contributed by atoms with Gasteiger partial charge in [-0.05, 0) is 18.2 Å². The fraction of sp³-hybridized carbons (Fsp3) is 0.0667. The first-order valence-corrected chi connectivity index (χ1v) is 5.98. The first kappa shape index (κ1) is 15.3. The molecule has 1 N–H and O–H groups in total. The number of nitrogens with one attached hydrogen (secondary N) is 1. The van der Waals surface area contributed by atoms with Gasteiger partial charge in [0.1, 0.15) is 29.3 Å². The van der Waals surface area contributed by atoms with E-state index >= 15 is 0 Å². The van der Waals surface area contributed by atoms with Crippen LogP contribution in [-0.2, 0) is 6.54 Å². The van der Waals surface area contributed by atoms with E-state index in [1.54, 1.807) is 0 Å². The summed E-state index contributed by atoms with van der Waals surface area (Å²) >= 11 is 0. The number of halogens is 4. The van der Waals surface area contributed by atoms with Crippen molar-refractivity contribution in [3.63, 3.8) is 0 Å². The van der Waals surface area contributed by atoms with Crippen LogP contribution >= 0.6 is 0 Å². The lowest BCUT2D eigenvalue weighted by Gasteiger charge is -2.11. The highest BCUT2D eigenvalue weighted by Gasteiger charge is 2.19. The summed E-state index contributed by atoms with van der Waals surface area (Å²) in [5.74, 6) is -4.17. The molecule has 0 aliphatic carbocycles. The Morgan fingerprint density at radius 2 is 1.59 bits per heavy atom. The first-order chi connectivity index (χ1) is 10.5. The lowest BCUT2D eigenvalue weighted by atomic mass is 10.1. The third kappa shape index (κ3) is 2.70. The van der Waals surface area contributed by atoms with Crippen LogP contribution in [0.4, 0.5) is 23.2 Å². The van der Waals surface area contributed by atoms with Crippen LogP contribution < -0.4 is 5.32 Å². The van der Waals surface area contributed by atoms with Gasteiger partial charge >= 0.3 is 0 Å². The SMILES string of the molecule is N#Cc1cc(NCc2c(F)cccc2F)c(F)c(C#N)c1F. The van der Waals surface area contributed by atoms with Crippen molar-refractivity contribution in [1.29, 1.82) is 10.5 Å². The van der Waals surface area contributed by atoms with Crippen molar-refractivity contribution in [3.8, 4) is 12.1 Å². The van der Waals surface area contributed by atoms with Crippen molar-refractivity contribution in [2.24, 2.45) is 0 Å². The molecular weight excluding hydrogens is 298 g/mol. The molecule has 0 bridgehead atoms. The zero-order valence-corrected chi connectivity index (χ0v) is 10.9. The normalized spacial score (nSPS) is 9.91. The van der Waals surface area contributed by atoms with Gasteiger partial charge in [-0.1, -0.05) is 6.07 Å². The average molecular weight is 305 g/mol. The molecule has 2 rings (SSSR count). The molecule has 0 amide bonds. The summed E-state index contributed by atoms with van der Waals surface area (Å²) in [6.45, 7) is -0.434.